The normalized spacial score (nSPS) is 24.4. The van der Waals surface area contributed by atoms with E-state index in [-0.39, 0.29) is 25.1 Å². The van der Waals surface area contributed by atoms with Crippen molar-refractivity contribution in [3.8, 4) is 0 Å². The molecule has 3 rings (SSSR count). The second kappa shape index (κ2) is 8.35. The summed E-state index contributed by atoms with van der Waals surface area (Å²) >= 11 is 0. The monoisotopic (exact) mass is 434 g/mol. The molecule has 170 valence electrons. The van der Waals surface area contributed by atoms with Gasteiger partial charge in [0.2, 0.25) is 0 Å². The number of likely N-dealkylation sites (tertiary alicyclic amines) is 1. The highest BCUT2D eigenvalue weighted by molar-refractivity contribution is 6.04. The third-order valence-electron chi connectivity index (χ3n) is 4.82. The number of nitrogens with one attached hydrogen (secondary N) is 2. The molecule has 4 N–H and O–H groups in total. The Morgan fingerprint density at radius 3 is 2.52 bits per heavy atom. The standard InChI is InChI=1S/C21H30N4O6/c1-20(2,3)31-19(27)25-10-15-16(30-21(4,5)29-15)14(25)11-28-18(26)24-17(23)12-6-8-13(22)9-7-12/h6-9,14-16H,10-11,22H2,1-5H3,(H2,23,24,26)/t14-,15-,16-/m0/s1. The Hall–Kier alpha value is -2.85. The molecule has 2 saturated heterocycles. The lowest BCUT2D eigenvalue weighted by atomic mass is 10.1. The van der Waals surface area contributed by atoms with Crippen molar-refractivity contribution in [2.75, 3.05) is 18.9 Å². The third-order valence-corrected chi connectivity index (χ3v) is 4.82. The number of rotatable bonds is 3. The summed E-state index contributed by atoms with van der Waals surface area (Å²) in [6.45, 7) is 9.04. The Balaban J connectivity index is 1.64. The molecule has 0 bridgehead atoms. The van der Waals surface area contributed by atoms with E-state index in [9.17, 15) is 9.59 Å². The molecule has 0 saturated carbocycles. The van der Waals surface area contributed by atoms with Gasteiger partial charge in [-0.25, -0.2) is 9.59 Å². The van der Waals surface area contributed by atoms with Crippen LogP contribution in [-0.2, 0) is 18.9 Å². The van der Waals surface area contributed by atoms with Gasteiger partial charge < -0.3 is 24.7 Å². The molecular weight excluding hydrogens is 404 g/mol. The van der Waals surface area contributed by atoms with Gasteiger partial charge >= 0.3 is 12.2 Å². The van der Waals surface area contributed by atoms with E-state index < -0.39 is 35.7 Å². The summed E-state index contributed by atoms with van der Waals surface area (Å²) in [5.74, 6) is -0.924. The molecule has 3 atom stereocenters. The maximum Gasteiger partial charge on any atom is 0.412 e. The zero-order chi connectivity index (χ0) is 23.0. The Morgan fingerprint density at radius 2 is 1.90 bits per heavy atom. The van der Waals surface area contributed by atoms with Gasteiger partial charge in [0.1, 0.15) is 30.3 Å². The number of nitrogens with two attached hydrogens (primary N) is 1. The number of nitrogens with zero attached hydrogens (tertiary/aromatic N) is 1. The van der Waals surface area contributed by atoms with Crippen molar-refractivity contribution in [1.29, 1.82) is 5.41 Å². The molecule has 0 spiro atoms. The van der Waals surface area contributed by atoms with Gasteiger partial charge in [0.05, 0.1) is 12.6 Å². The number of ether oxygens (including phenoxy) is 4. The third kappa shape index (κ3) is 5.65. The smallest absolute Gasteiger partial charge is 0.412 e. The summed E-state index contributed by atoms with van der Waals surface area (Å²) in [4.78, 5) is 26.4. The molecular formula is C21H30N4O6. The minimum absolute atomic E-state index is 0.125. The summed E-state index contributed by atoms with van der Waals surface area (Å²) in [6, 6.07) is 5.92. The van der Waals surface area contributed by atoms with Crippen LogP contribution < -0.4 is 11.1 Å². The molecule has 1 aromatic rings. The number of anilines is 1. The fourth-order valence-corrected chi connectivity index (χ4v) is 3.57. The maximum atomic E-state index is 12.7. The van der Waals surface area contributed by atoms with E-state index in [2.05, 4.69) is 5.32 Å². The van der Waals surface area contributed by atoms with Crippen molar-refractivity contribution in [2.45, 2.75) is 64.3 Å². The van der Waals surface area contributed by atoms with E-state index in [1.54, 1.807) is 58.9 Å². The zero-order valence-corrected chi connectivity index (χ0v) is 18.4. The number of hydrogen-bond donors (Lipinski definition) is 3. The molecule has 10 heteroatoms. The Bertz CT molecular complexity index is 848. The van der Waals surface area contributed by atoms with Gasteiger partial charge in [-0.3, -0.25) is 15.6 Å². The molecule has 31 heavy (non-hydrogen) atoms. The molecule has 2 aliphatic heterocycles. The summed E-state index contributed by atoms with van der Waals surface area (Å²) in [7, 11) is 0. The number of nitrogen functional groups attached to an aromatic ring is 1. The van der Waals surface area contributed by atoms with Gasteiger partial charge in [-0.1, -0.05) is 0 Å². The first-order valence-corrected chi connectivity index (χ1v) is 10.1. The summed E-state index contributed by atoms with van der Waals surface area (Å²) in [5, 5.41) is 10.4. The Kier molecular flexibility index (Phi) is 6.15. The molecule has 0 radical (unpaired) electrons. The Labute approximate surface area is 181 Å². The van der Waals surface area contributed by atoms with E-state index in [4.69, 9.17) is 30.1 Å². The van der Waals surface area contributed by atoms with Crippen molar-refractivity contribution in [1.82, 2.24) is 10.2 Å². The fraction of sp³-hybridized carbons (Fsp3) is 0.571. The van der Waals surface area contributed by atoms with Gasteiger partial charge in [0, 0.05) is 11.3 Å². The predicted molar refractivity (Wildman–Crippen MR) is 113 cm³/mol. The van der Waals surface area contributed by atoms with Gasteiger partial charge in [0.15, 0.2) is 5.79 Å². The number of hydrogen-bond acceptors (Lipinski definition) is 8. The maximum absolute atomic E-state index is 12.7. The number of fused-ring (bicyclic) bond motifs is 1. The first-order chi connectivity index (χ1) is 14.3. The second-order valence-corrected chi connectivity index (χ2v) is 9.06. The molecule has 0 unspecified atom stereocenters. The van der Waals surface area contributed by atoms with Crippen LogP contribution in [0.3, 0.4) is 0 Å². The van der Waals surface area contributed by atoms with Crippen molar-refractivity contribution in [3.05, 3.63) is 29.8 Å². The lowest BCUT2D eigenvalue weighted by molar-refractivity contribution is -0.162. The van der Waals surface area contributed by atoms with Gasteiger partial charge in [-0.15, -0.1) is 0 Å². The number of carbonyl (C=O) groups excluding carboxylic acids is 2. The highest BCUT2D eigenvalue weighted by atomic mass is 16.8. The van der Waals surface area contributed by atoms with Crippen LogP contribution >= 0.6 is 0 Å². The first-order valence-electron chi connectivity index (χ1n) is 10.1. The van der Waals surface area contributed by atoms with E-state index in [0.29, 0.717) is 11.3 Å². The lowest BCUT2D eigenvalue weighted by Gasteiger charge is -2.31. The van der Waals surface area contributed by atoms with Gasteiger partial charge in [-0.05, 0) is 58.9 Å². The van der Waals surface area contributed by atoms with Crippen molar-refractivity contribution < 1.29 is 28.5 Å². The van der Waals surface area contributed by atoms with Crippen LogP contribution in [0.25, 0.3) is 0 Å². The number of benzene rings is 1. The molecule has 2 fully saturated rings. The van der Waals surface area contributed by atoms with E-state index >= 15 is 0 Å². The minimum Gasteiger partial charge on any atom is -0.447 e. The summed E-state index contributed by atoms with van der Waals surface area (Å²) in [6.07, 6.45) is -2.16. The van der Waals surface area contributed by atoms with E-state index in [1.165, 1.54) is 4.90 Å². The molecule has 0 aliphatic carbocycles. The topological polar surface area (TPSA) is 136 Å². The number of carbonyl (C=O) groups is 2. The van der Waals surface area contributed by atoms with Crippen molar-refractivity contribution in [2.24, 2.45) is 0 Å². The van der Waals surface area contributed by atoms with Crippen LogP contribution in [-0.4, -0.2) is 65.7 Å². The van der Waals surface area contributed by atoms with E-state index in [1.807, 2.05) is 0 Å². The molecule has 10 nitrogen and oxygen atoms in total. The SMILES string of the molecule is CC(C)(C)OC(=O)N1C[C@@H]2OC(C)(C)O[C@H]2[C@@H]1COC(=O)NC(=N)c1ccc(N)cc1. The quantitative estimate of drug-likeness (QED) is 0.378. The van der Waals surface area contributed by atoms with Gasteiger partial charge in [0.25, 0.3) is 0 Å². The largest absolute Gasteiger partial charge is 0.447 e. The molecule has 1 aromatic carbocycles. The number of amides is 2. The summed E-state index contributed by atoms with van der Waals surface area (Å²) in [5.41, 5.74) is 6.00. The predicted octanol–water partition coefficient (Wildman–Crippen LogP) is 2.46. The molecule has 2 amide bonds. The highest BCUT2D eigenvalue weighted by Crippen LogP contribution is 2.37. The van der Waals surface area contributed by atoms with Crippen LogP contribution in [0, 0.1) is 5.41 Å². The average Bonchev–Trinajstić information content (AvgIpc) is 3.11. The average molecular weight is 434 g/mol. The van der Waals surface area contributed by atoms with Crippen molar-refractivity contribution >= 4 is 23.7 Å². The van der Waals surface area contributed by atoms with Crippen LogP contribution in [0.4, 0.5) is 15.3 Å². The second-order valence-electron chi connectivity index (χ2n) is 9.06. The molecule has 2 heterocycles. The minimum atomic E-state index is -0.812. The van der Waals surface area contributed by atoms with Crippen LogP contribution in [0.1, 0.15) is 40.2 Å². The first kappa shape index (κ1) is 22.8. The van der Waals surface area contributed by atoms with E-state index in [0.717, 1.165) is 0 Å². The highest BCUT2D eigenvalue weighted by Gasteiger charge is 2.55. The summed E-state index contributed by atoms with van der Waals surface area (Å²) < 4.78 is 22.6. The Morgan fingerprint density at radius 1 is 1.26 bits per heavy atom. The zero-order valence-electron chi connectivity index (χ0n) is 18.4. The fourth-order valence-electron chi connectivity index (χ4n) is 3.57. The van der Waals surface area contributed by atoms with Crippen LogP contribution in [0.2, 0.25) is 0 Å². The number of alkyl carbamates (subject to hydrolysis) is 1. The lowest BCUT2D eigenvalue weighted by Crippen LogP contribution is -2.47. The molecule has 2 aliphatic rings. The van der Waals surface area contributed by atoms with Gasteiger partial charge in [-0.2, -0.15) is 0 Å². The number of amidine groups is 1. The van der Waals surface area contributed by atoms with Crippen LogP contribution in [0.15, 0.2) is 24.3 Å². The van der Waals surface area contributed by atoms with Crippen LogP contribution in [0.5, 0.6) is 0 Å². The molecule has 0 aromatic heterocycles. The van der Waals surface area contributed by atoms with Crippen molar-refractivity contribution in [3.63, 3.8) is 0 Å².